The molecule has 5 aromatic rings. The van der Waals surface area contributed by atoms with Crippen LogP contribution in [0.3, 0.4) is 0 Å². The number of azo groups is 2. The lowest BCUT2D eigenvalue weighted by atomic mass is 10.3. The maximum absolute atomic E-state index is 11.4. The topological polar surface area (TPSA) is 273 Å². The van der Waals surface area contributed by atoms with Crippen LogP contribution in [0.1, 0.15) is 32.1 Å². The number of aromatic carboxylic acids is 2. The van der Waals surface area contributed by atoms with E-state index in [2.05, 4.69) is 50.8 Å². The van der Waals surface area contributed by atoms with Gasteiger partial charge in [0.2, 0.25) is 0 Å². The summed E-state index contributed by atoms with van der Waals surface area (Å²) in [7, 11) is 3.06. The number of nitrogens with two attached hydrogens (primary N) is 2. The first kappa shape index (κ1) is 27.2. The van der Waals surface area contributed by atoms with E-state index < -0.39 is 11.9 Å². The van der Waals surface area contributed by atoms with Crippen molar-refractivity contribution in [3.8, 4) is 11.6 Å². The maximum Gasteiger partial charge on any atom is 0.341 e. The fourth-order valence-corrected chi connectivity index (χ4v) is 3.83. The van der Waals surface area contributed by atoms with Crippen LogP contribution in [0.15, 0.2) is 45.2 Å². The van der Waals surface area contributed by atoms with Crippen molar-refractivity contribution in [1.29, 1.82) is 0 Å². The molecule has 214 valence electrons. The number of carbonyl (C=O) groups is 2. The second-order valence-electron chi connectivity index (χ2n) is 8.72. The zero-order valence-corrected chi connectivity index (χ0v) is 22.4. The van der Waals surface area contributed by atoms with Crippen LogP contribution in [0.5, 0.6) is 0 Å². The van der Waals surface area contributed by atoms with Crippen LogP contribution >= 0.6 is 0 Å². The molecular weight excluding hydrogens is 552 g/mol. The lowest BCUT2D eigenvalue weighted by molar-refractivity contribution is 0.0686. The number of carboxylic acid groups (broad SMARTS) is 2. The molecule has 20 nitrogen and oxygen atoms in total. The molecule has 0 amide bonds. The van der Waals surface area contributed by atoms with Gasteiger partial charge in [-0.2, -0.15) is 29.8 Å². The molecule has 6 N–H and O–H groups in total. The molecule has 5 aromatic heterocycles. The summed E-state index contributed by atoms with van der Waals surface area (Å²) in [6.07, 6.45) is 3.59. The third kappa shape index (κ3) is 4.67. The fourth-order valence-electron chi connectivity index (χ4n) is 3.83. The zero-order chi connectivity index (χ0) is 30.3. The minimum Gasteiger partial charge on any atom is -0.477 e. The SMILES string of the molecule is Cc1nn(-c2cc(-n3nc(C)c(N=Nc4c(C(=O)O)cnn4C)c3N)ncn2)c(N)c1N=Nc1c(C(=O)O)cnn1C. The minimum absolute atomic E-state index is 0.0263. The Morgan fingerprint density at radius 2 is 1.14 bits per heavy atom. The van der Waals surface area contributed by atoms with Gasteiger partial charge >= 0.3 is 11.9 Å². The van der Waals surface area contributed by atoms with Crippen LogP contribution in [0.25, 0.3) is 11.6 Å². The number of carboxylic acids is 2. The number of nitrogen functional groups attached to an aromatic ring is 2. The number of aryl methyl sites for hydroxylation is 4. The summed E-state index contributed by atoms with van der Waals surface area (Å²) in [6, 6.07) is 1.51. The van der Waals surface area contributed by atoms with Gasteiger partial charge in [-0.25, -0.2) is 28.9 Å². The molecule has 5 heterocycles. The van der Waals surface area contributed by atoms with Crippen molar-refractivity contribution in [2.45, 2.75) is 13.8 Å². The molecule has 0 fully saturated rings. The van der Waals surface area contributed by atoms with Crippen molar-refractivity contribution >= 4 is 46.6 Å². The Bertz CT molecular complexity index is 1790. The van der Waals surface area contributed by atoms with E-state index in [1.54, 1.807) is 13.8 Å². The van der Waals surface area contributed by atoms with Crippen molar-refractivity contribution in [3.63, 3.8) is 0 Å². The highest BCUT2D eigenvalue weighted by Gasteiger charge is 2.21. The van der Waals surface area contributed by atoms with Gasteiger partial charge in [0.25, 0.3) is 0 Å². The van der Waals surface area contributed by atoms with Crippen LogP contribution in [0, 0.1) is 13.8 Å². The summed E-state index contributed by atoms with van der Waals surface area (Å²) in [6.45, 7) is 3.30. The van der Waals surface area contributed by atoms with E-state index in [1.165, 1.54) is 57.6 Å². The van der Waals surface area contributed by atoms with E-state index >= 15 is 0 Å². The van der Waals surface area contributed by atoms with Gasteiger partial charge in [0.1, 0.15) is 17.5 Å². The molecule has 0 bridgehead atoms. The Morgan fingerprint density at radius 1 is 0.738 bits per heavy atom. The van der Waals surface area contributed by atoms with Crippen molar-refractivity contribution in [2.75, 3.05) is 11.5 Å². The summed E-state index contributed by atoms with van der Waals surface area (Å²) in [4.78, 5) is 31.4. The molecule has 5 rings (SSSR count). The van der Waals surface area contributed by atoms with Gasteiger partial charge < -0.3 is 21.7 Å². The Hall–Kier alpha value is -6.34. The van der Waals surface area contributed by atoms with E-state index in [-0.39, 0.29) is 57.4 Å². The van der Waals surface area contributed by atoms with E-state index in [0.29, 0.717) is 11.4 Å². The summed E-state index contributed by atoms with van der Waals surface area (Å²) in [5.74, 6) is -1.72. The van der Waals surface area contributed by atoms with Gasteiger partial charge in [0.15, 0.2) is 46.3 Å². The Morgan fingerprint density at radius 3 is 1.52 bits per heavy atom. The predicted molar refractivity (Wildman–Crippen MR) is 143 cm³/mol. The molecule has 0 aromatic carbocycles. The molecule has 0 atom stereocenters. The first-order chi connectivity index (χ1) is 20.0. The number of rotatable bonds is 8. The Labute approximate surface area is 234 Å². The number of aromatic nitrogens is 10. The third-order valence-electron chi connectivity index (χ3n) is 5.96. The van der Waals surface area contributed by atoms with Crippen LogP contribution < -0.4 is 11.5 Å². The number of anilines is 2. The van der Waals surface area contributed by atoms with Crippen LogP contribution in [0.4, 0.5) is 34.6 Å². The molecular formula is C22H22N16O4. The number of hydrogen-bond acceptors (Lipinski definition) is 14. The van der Waals surface area contributed by atoms with Gasteiger partial charge in [-0.15, -0.1) is 20.5 Å². The molecule has 0 unspecified atom stereocenters. The quantitative estimate of drug-likeness (QED) is 0.194. The molecule has 0 spiro atoms. The molecule has 42 heavy (non-hydrogen) atoms. The molecule has 0 radical (unpaired) electrons. The van der Waals surface area contributed by atoms with Crippen molar-refractivity contribution in [3.05, 3.63) is 47.3 Å². The lowest BCUT2D eigenvalue weighted by Gasteiger charge is -2.06. The third-order valence-corrected chi connectivity index (χ3v) is 5.96. The summed E-state index contributed by atoms with van der Waals surface area (Å²) in [5.41, 5.74) is 13.6. The van der Waals surface area contributed by atoms with Crippen LogP contribution in [-0.4, -0.2) is 71.2 Å². The largest absolute Gasteiger partial charge is 0.477 e. The summed E-state index contributed by atoms with van der Waals surface area (Å²) in [5, 5.41) is 51.5. The van der Waals surface area contributed by atoms with Crippen molar-refractivity contribution < 1.29 is 19.8 Å². The van der Waals surface area contributed by atoms with Gasteiger partial charge in [0, 0.05) is 20.2 Å². The van der Waals surface area contributed by atoms with Gasteiger partial charge in [-0.05, 0) is 13.8 Å². The normalized spacial score (nSPS) is 11.7. The van der Waals surface area contributed by atoms with Gasteiger partial charge in [-0.3, -0.25) is 0 Å². The van der Waals surface area contributed by atoms with Gasteiger partial charge in [0.05, 0.1) is 23.8 Å². The van der Waals surface area contributed by atoms with Crippen molar-refractivity contribution in [1.82, 2.24) is 49.1 Å². The highest BCUT2D eigenvalue weighted by molar-refractivity contribution is 5.92. The average Bonchev–Trinajstić information content (AvgIpc) is 3.66. The average molecular weight is 575 g/mol. The van der Waals surface area contributed by atoms with E-state index in [1.807, 2.05) is 0 Å². The zero-order valence-electron chi connectivity index (χ0n) is 22.4. The van der Waals surface area contributed by atoms with Crippen LogP contribution in [0.2, 0.25) is 0 Å². The monoisotopic (exact) mass is 574 g/mol. The minimum atomic E-state index is -1.20. The second-order valence-corrected chi connectivity index (χ2v) is 8.72. The highest BCUT2D eigenvalue weighted by atomic mass is 16.4. The van der Waals surface area contributed by atoms with Crippen LogP contribution in [-0.2, 0) is 14.1 Å². The predicted octanol–water partition coefficient (Wildman–Crippen LogP) is 2.32. The van der Waals surface area contributed by atoms with Gasteiger partial charge in [-0.1, -0.05) is 0 Å². The molecule has 0 aliphatic carbocycles. The summed E-state index contributed by atoms with van der Waals surface area (Å²) >= 11 is 0. The fraction of sp³-hybridized carbons (Fsp3) is 0.182. The Kier molecular flexibility index (Phi) is 6.70. The van der Waals surface area contributed by atoms with E-state index in [4.69, 9.17) is 11.5 Å². The lowest BCUT2D eigenvalue weighted by Crippen LogP contribution is -2.09. The standard InChI is InChI=1S/C22H22N16O4/c1-9-15(29-31-19-11(21(39)40)6-27-35(19)3)17(23)37(33-9)13-5-14(26-8-25-13)38-18(24)16(10(2)34-38)30-32-20-12(22(41)42)7-28-36(20)4/h5-8H,23-24H2,1-4H3,(H,39,40)(H,41,42). The molecule has 0 aliphatic rings. The van der Waals surface area contributed by atoms with E-state index in [9.17, 15) is 19.8 Å². The second kappa shape index (κ2) is 10.3. The smallest absolute Gasteiger partial charge is 0.341 e. The maximum atomic E-state index is 11.4. The molecule has 0 aliphatic heterocycles. The molecule has 0 saturated heterocycles. The number of nitrogens with zero attached hydrogens (tertiary/aromatic N) is 14. The highest BCUT2D eigenvalue weighted by Crippen LogP contribution is 2.33. The van der Waals surface area contributed by atoms with Crippen molar-refractivity contribution in [2.24, 2.45) is 34.6 Å². The molecule has 20 heteroatoms. The first-order valence-corrected chi connectivity index (χ1v) is 11.8. The number of hydrogen-bond donors (Lipinski definition) is 4. The Balaban J connectivity index is 1.48. The summed E-state index contributed by atoms with van der Waals surface area (Å²) < 4.78 is 5.15. The first-order valence-electron chi connectivity index (χ1n) is 11.8. The van der Waals surface area contributed by atoms with E-state index in [0.717, 1.165) is 0 Å². The molecule has 0 saturated carbocycles.